The van der Waals surface area contributed by atoms with Crippen LogP contribution in [0.4, 0.5) is 15.3 Å². The lowest BCUT2D eigenvalue weighted by Gasteiger charge is -2.27. The molecular weight excluding hydrogens is 590 g/mol. The first-order valence-electron chi connectivity index (χ1n) is 13.0. The summed E-state index contributed by atoms with van der Waals surface area (Å²) in [6.07, 6.45) is 5.72. The van der Waals surface area contributed by atoms with Gasteiger partial charge in [0.15, 0.2) is 11.2 Å². The van der Waals surface area contributed by atoms with Gasteiger partial charge in [-0.05, 0) is 18.2 Å². The molecule has 1 aromatic carbocycles. The maximum absolute atomic E-state index is 14.3. The molecule has 7 rings (SSSR count). The quantitative estimate of drug-likeness (QED) is 0.287. The third-order valence-corrected chi connectivity index (χ3v) is 8.71. The third-order valence-electron chi connectivity index (χ3n) is 7.32. The number of fused-ring (bicyclic) bond motifs is 2. The molecule has 0 spiro atoms. The SMILES string of the molecule is O=C(Nc1nccs1)C(c1ncn2c1CC(F)C2)n1cc2c(Cl)cc(-c3ccc(N4CCOCC4)nc3)c(Cl)c2n1. The molecule has 2 atom stereocenters. The van der Waals surface area contributed by atoms with E-state index in [1.165, 1.54) is 16.0 Å². The van der Waals surface area contributed by atoms with Crippen molar-refractivity contribution in [2.45, 2.75) is 25.2 Å². The number of amides is 1. The molecule has 41 heavy (non-hydrogen) atoms. The van der Waals surface area contributed by atoms with E-state index < -0.39 is 18.1 Å². The molecule has 2 unspecified atom stereocenters. The van der Waals surface area contributed by atoms with Crippen molar-refractivity contribution < 1.29 is 13.9 Å². The Hall–Kier alpha value is -3.58. The highest BCUT2D eigenvalue weighted by Crippen LogP contribution is 2.39. The molecule has 4 aromatic heterocycles. The Morgan fingerprint density at radius 2 is 2.05 bits per heavy atom. The predicted molar refractivity (Wildman–Crippen MR) is 156 cm³/mol. The first kappa shape index (κ1) is 26.3. The number of imidazole rings is 1. The average molecular weight is 614 g/mol. The van der Waals surface area contributed by atoms with Gasteiger partial charge in [0.2, 0.25) is 0 Å². The Bertz CT molecular complexity index is 1730. The molecule has 1 amide bonds. The molecule has 1 fully saturated rings. The minimum Gasteiger partial charge on any atom is -0.378 e. The number of ether oxygens (including phenoxy) is 1. The summed E-state index contributed by atoms with van der Waals surface area (Å²) in [5, 5.41) is 11.1. The van der Waals surface area contributed by atoms with E-state index >= 15 is 0 Å². The number of hydrogen-bond donors (Lipinski definition) is 1. The second-order valence-electron chi connectivity index (χ2n) is 9.86. The molecule has 6 heterocycles. The minimum absolute atomic E-state index is 0.163. The summed E-state index contributed by atoms with van der Waals surface area (Å²) < 4.78 is 22.9. The number of aromatic nitrogens is 6. The number of hydrogen-bond acceptors (Lipinski definition) is 8. The fraction of sp³-hybridized carbons (Fsp3) is 0.296. The van der Waals surface area contributed by atoms with Crippen molar-refractivity contribution in [1.82, 2.24) is 29.3 Å². The Labute approximate surface area is 247 Å². The van der Waals surface area contributed by atoms with Crippen molar-refractivity contribution in [3.63, 3.8) is 0 Å². The zero-order valence-corrected chi connectivity index (χ0v) is 23.8. The van der Waals surface area contributed by atoms with Gasteiger partial charge in [0, 0.05) is 65.7 Å². The van der Waals surface area contributed by atoms with Crippen LogP contribution in [0.3, 0.4) is 0 Å². The van der Waals surface area contributed by atoms with Gasteiger partial charge >= 0.3 is 0 Å². The molecule has 0 aliphatic carbocycles. The zero-order valence-electron chi connectivity index (χ0n) is 21.5. The molecular formula is C27H23Cl2FN8O2S. The van der Waals surface area contributed by atoms with E-state index in [1.54, 1.807) is 40.9 Å². The molecule has 0 radical (unpaired) electrons. The molecule has 2 aliphatic rings. The maximum atomic E-state index is 14.3. The largest absolute Gasteiger partial charge is 0.378 e. The Morgan fingerprint density at radius 3 is 2.80 bits per heavy atom. The Morgan fingerprint density at radius 1 is 1.20 bits per heavy atom. The van der Waals surface area contributed by atoms with Gasteiger partial charge in [0.1, 0.15) is 17.5 Å². The molecule has 5 aromatic rings. The van der Waals surface area contributed by atoms with Crippen LogP contribution in [0.25, 0.3) is 22.0 Å². The van der Waals surface area contributed by atoms with Gasteiger partial charge in [-0.1, -0.05) is 23.2 Å². The van der Waals surface area contributed by atoms with E-state index in [9.17, 15) is 9.18 Å². The highest BCUT2D eigenvalue weighted by atomic mass is 35.5. The number of morpholine rings is 1. The average Bonchev–Trinajstić information content (AvgIpc) is 3.78. The molecule has 1 saturated heterocycles. The van der Waals surface area contributed by atoms with Crippen LogP contribution in [0, 0.1) is 0 Å². The number of carbonyl (C=O) groups excluding carboxylic acids is 1. The molecule has 0 saturated carbocycles. The van der Waals surface area contributed by atoms with Crippen molar-refractivity contribution >= 4 is 62.3 Å². The number of nitrogens with one attached hydrogen (secondary N) is 1. The topological polar surface area (TPSA) is 103 Å². The van der Waals surface area contributed by atoms with Gasteiger partial charge in [-0.3, -0.25) is 14.8 Å². The van der Waals surface area contributed by atoms with E-state index in [0.717, 1.165) is 24.5 Å². The number of pyridine rings is 1. The minimum atomic E-state index is -1.04. The summed E-state index contributed by atoms with van der Waals surface area (Å²) in [4.78, 5) is 29.1. The van der Waals surface area contributed by atoms with E-state index in [-0.39, 0.29) is 13.0 Å². The van der Waals surface area contributed by atoms with Crippen LogP contribution in [-0.2, 0) is 22.5 Å². The predicted octanol–water partition coefficient (Wildman–Crippen LogP) is 5.02. The number of rotatable bonds is 6. The van der Waals surface area contributed by atoms with Gasteiger partial charge in [-0.15, -0.1) is 11.3 Å². The number of benzene rings is 1. The van der Waals surface area contributed by atoms with Gasteiger partial charge in [0.05, 0.1) is 41.8 Å². The van der Waals surface area contributed by atoms with Crippen molar-refractivity contribution in [3.8, 4) is 11.1 Å². The highest BCUT2D eigenvalue weighted by Gasteiger charge is 2.34. The summed E-state index contributed by atoms with van der Waals surface area (Å²) in [6.45, 7) is 3.10. The van der Waals surface area contributed by atoms with Crippen LogP contribution in [0.5, 0.6) is 0 Å². The highest BCUT2D eigenvalue weighted by molar-refractivity contribution is 7.13. The van der Waals surface area contributed by atoms with Crippen LogP contribution in [0.2, 0.25) is 10.0 Å². The smallest absolute Gasteiger partial charge is 0.257 e. The standard InChI is InChI=1S/C27H23Cl2FN8O2S/c28-19-10-17(15-1-2-21(32-11-15)36-4-6-40-7-5-36)22(29)23-18(19)13-38(35-23)25(26(39)34-27-31-3-8-41-27)24-20-9-16(30)12-37(20)14-33-24/h1-3,8,10-11,13-14,16,25H,4-7,9,12H2,(H,31,34,39). The van der Waals surface area contributed by atoms with E-state index in [1.807, 2.05) is 12.1 Å². The van der Waals surface area contributed by atoms with Crippen molar-refractivity contribution in [2.75, 3.05) is 36.5 Å². The zero-order chi connectivity index (χ0) is 28.1. The van der Waals surface area contributed by atoms with Crippen LogP contribution in [0.1, 0.15) is 17.4 Å². The summed E-state index contributed by atoms with van der Waals surface area (Å²) in [7, 11) is 0. The molecule has 0 bridgehead atoms. The fourth-order valence-corrected chi connectivity index (χ4v) is 6.42. The lowest BCUT2D eigenvalue weighted by Crippen LogP contribution is -2.36. The second kappa shape index (κ2) is 10.7. The first-order valence-corrected chi connectivity index (χ1v) is 14.6. The monoisotopic (exact) mass is 612 g/mol. The number of nitrogens with zero attached hydrogens (tertiary/aromatic N) is 7. The molecule has 1 N–H and O–H groups in total. The van der Waals surface area contributed by atoms with Crippen LogP contribution < -0.4 is 10.2 Å². The van der Waals surface area contributed by atoms with Gasteiger partial charge < -0.3 is 14.2 Å². The van der Waals surface area contributed by atoms with Crippen molar-refractivity contribution in [3.05, 3.63) is 69.9 Å². The number of carbonyl (C=O) groups is 1. The van der Waals surface area contributed by atoms with E-state index in [0.29, 0.717) is 56.2 Å². The summed E-state index contributed by atoms with van der Waals surface area (Å²) in [5.74, 6) is 0.453. The molecule has 14 heteroatoms. The third kappa shape index (κ3) is 4.84. The van der Waals surface area contributed by atoms with Crippen LogP contribution in [0.15, 0.2) is 48.5 Å². The number of alkyl halides is 1. The Kier molecular flexibility index (Phi) is 6.86. The summed E-state index contributed by atoms with van der Waals surface area (Å²) >= 11 is 15.0. The van der Waals surface area contributed by atoms with Crippen LogP contribution >= 0.6 is 34.5 Å². The van der Waals surface area contributed by atoms with Crippen molar-refractivity contribution in [1.29, 1.82) is 0 Å². The number of anilines is 2. The van der Waals surface area contributed by atoms with E-state index in [2.05, 4.69) is 25.2 Å². The van der Waals surface area contributed by atoms with Gasteiger partial charge in [-0.2, -0.15) is 5.10 Å². The fourth-order valence-electron chi connectivity index (χ4n) is 5.34. The van der Waals surface area contributed by atoms with Gasteiger partial charge in [-0.25, -0.2) is 19.3 Å². The normalized spacial score (nSPS) is 17.6. The lowest BCUT2D eigenvalue weighted by molar-refractivity contribution is -0.118. The first-order chi connectivity index (χ1) is 20.0. The van der Waals surface area contributed by atoms with Crippen molar-refractivity contribution in [2.24, 2.45) is 0 Å². The maximum Gasteiger partial charge on any atom is 0.257 e. The Balaban J connectivity index is 1.28. The summed E-state index contributed by atoms with van der Waals surface area (Å²) in [6, 6.07) is 4.67. The second-order valence-corrected chi connectivity index (χ2v) is 11.5. The molecule has 210 valence electrons. The van der Waals surface area contributed by atoms with E-state index in [4.69, 9.17) is 33.0 Å². The van der Waals surface area contributed by atoms with Gasteiger partial charge in [0.25, 0.3) is 5.91 Å². The molecule has 2 aliphatic heterocycles. The number of thiazole rings is 1. The molecule has 10 nitrogen and oxygen atoms in total. The number of halogens is 3. The van der Waals surface area contributed by atoms with Crippen LogP contribution in [-0.4, -0.2) is 67.7 Å². The summed E-state index contributed by atoms with van der Waals surface area (Å²) in [5.41, 5.74) is 2.95. The lowest BCUT2D eigenvalue weighted by atomic mass is 10.1.